The van der Waals surface area contributed by atoms with Gasteiger partial charge in [-0.25, -0.2) is 4.79 Å². The van der Waals surface area contributed by atoms with Crippen molar-refractivity contribution in [2.75, 3.05) is 0 Å². The van der Waals surface area contributed by atoms with Crippen molar-refractivity contribution in [2.45, 2.75) is 50.1 Å². The predicted molar refractivity (Wildman–Crippen MR) is 102 cm³/mol. The average Bonchev–Trinajstić information content (AvgIpc) is 2.86. The molecule has 1 aliphatic rings. The molecule has 1 aromatic rings. The first-order valence-electron chi connectivity index (χ1n) is 8.18. The van der Waals surface area contributed by atoms with Crippen molar-refractivity contribution in [3.8, 4) is 0 Å². The first kappa shape index (κ1) is 20.9. The van der Waals surface area contributed by atoms with Gasteiger partial charge < -0.3 is 14.6 Å². The van der Waals surface area contributed by atoms with Gasteiger partial charge >= 0.3 is 11.9 Å². The number of benzene rings is 1. The minimum Gasteiger partial charge on any atom is -0.458 e. The quantitative estimate of drug-likeness (QED) is 0.551. The lowest BCUT2D eigenvalue weighted by Crippen LogP contribution is -2.57. The SMILES string of the molecule is CC1=C[C@H]([C@](O)(C(=O)OC(C)(C)C)[C@@H](Br)Cc2ccc(Cl)cc2)C(=O)O1. The minimum atomic E-state index is -2.12. The maximum Gasteiger partial charge on any atom is 0.341 e. The molecular weight excluding hydrogens is 424 g/mol. The number of carbonyl (C=O) groups is 2. The van der Waals surface area contributed by atoms with Crippen molar-refractivity contribution in [3.05, 3.63) is 46.7 Å². The normalized spacial score (nSPS) is 20.8. The summed E-state index contributed by atoms with van der Waals surface area (Å²) in [6.45, 7) is 6.68. The van der Waals surface area contributed by atoms with Crippen LogP contribution in [0.5, 0.6) is 0 Å². The molecule has 2 rings (SSSR count). The Kier molecular flexibility index (Phi) is 6.20. The molecule has 1 aromatic carbocycles. The van der Waals surface area contributed by atoms with Crippen molar-refractivity contribution in [3.63, 3.8) is 0 Å². The van der Waals surface area contributed by atoms with Crippen LogP contribution in [0.3, 0.4) is 0 Å². The summed E-state index contributed by atoms with van der Waals surface area (Å²) >= 11 is 9.30. The molecule has 0 radical (unpaired) electrons. The van der Waals surface area contributed by atoms with Gasteiger partial charge in [0, 0.05) is 5.02 Å². The summed E-state index contributed by atoms with van der Waals surface area (Å²) < 4.78 is 10.4. The smallest absolute Gasteiger partial charge is 0.341 e. The Balaban J connectivity index is 2.37. The third kappa shape index (κ3) is 4.67. The molecule has 0 spiro atoms. The van der Waals surface area contributed by atoms with Gasteiger partial charge in [0.15, 0.2) is 5.60 Å². The predicted octanol–water partition coefficient (Wildman–Crippen LogP) is 3.80. The van der Waals surface area contributed by atoms with Gasteiger partial charge in [-0.1, -0.05) is 39.7 Å². The van der Waals surface area contributed by atoms with Crippen molar-refractivity contribution < 1.29 is 24.2 Å². The van der Waals surface area contributed by atoms with Gasteiger partial charge in [0.2, 0.25) is 0 Å². The third-order valence-corrected chi connectivity index (χ3v) is 5.20. The number of aliphatic hydroxyl groups is 1. The van der Waals surface area contributed by atoms with E-state index in [9.17, 15) is 14.7 Å². The average molecular weight is 446 g/mol. The van der Waals surface area contributed by atoms with Crippen LogP contribution >= 0.6 is 27.5 Å². The Morgan fingerprint density at radius 3 is 2.38 bits per heavy atom. The summed E-state index contributed by atoms with van der Waals surface area (Å²) in [7, 11) is 0. The van der Waals surface area contributed by atoms with Crippen molar-refractivity contribution in [1.82, 2.24) is 0 Å². The van der Waals surface area contributed by atoms with Crippen LogP contribution in [-0.2, 0) is 25.5 Å². The molecule has 0 saturated carbocycles. The maximum atomic E-state index is 12.8. The summed E-state index contributed by atoms with van der Waals surface area (Å²) in [5.74, 6) is -2.38. The zero-order valence-electron chi connectivity index (χ0n) is 15.1. The van der Waals surface area contributed by atoms with Crippen LogP contribution in [0.2, 0.25) is 5.02 Å². The highest BCUT2D eigenvalue weighted by molar-refractivity contribution is 9.09. The summed E-state index contributed by atoms with van der Waals surface area (Å²) in [5.41, 5.74) is -2.11. The number of alkyl halides is 1. The van der Waals surface area contributed by atoms with Crippen molar-refractivity contribution >= 4 is 39.5 Å². The molecule has 0 saturated heterocycles. The lowest BCUT2D eigenvalue weighted by molar-refractivity contribution is -0.185. The van der Waals surface area contributed by atoms with Gasteiger partial charge in [0.1, 0.15) is 17.3 Å². The number of allylic oxidation sites excluding steroid dienone is 1. The highest BCUT2D eigenvalue weighted by Gasteiger charge is 2.56. The number of hydrogen-bond donors (Lipinski definition) is 1. The van der Waals surface area contributed by atoms with Gasteiger partial charge in [-0.3, -0.25) is 4.79 Å². The molecule has 1 heterocycles. The number of cyclic esters (lactones) is 1. The van der Waals surface area contributed by atoms with Gasteiger partial charge in [-0.05, 0) is 57.9 Å². The number of esters is 2. The van der Waals surface area contributed by atoms with Crippen LogP contribution in [0.15, 0.2) is 36.1 Å². The van der Waals surface area contributed by atoms with E-state index in [0.717, 1.165) is 5.56 Å². The largest absolute Gasteiger partial charge is 0.458 e. The second kappa shape index (κ2) is 7.71. The molecule has 7 heteroatoms. The van der Waals surface area contributed by atoms with Crippen LogP contribution in [0.1, 0.15) is 33.3 Å². The highest BCUT2D eigenvalue weighted by Crippen LogP contribution is 2.37. The Labute approximate surface area is 166 Å². The van der Waals surface area contributed by atoms with Gasteiger partial charge in [-0.2, -0.15) is 0 Å². The summed E-state index contributed by atoms with van der Waals surface area (Å²) in [5, 5.41) is 11.9. The van der Waals surface area contributed by atoms with E-state index in [0.29, 0.717) is 10.8 Å². The monoisotopic (exact) mass is 444 g/mol. The van der Waals surface area contributed by atoms with Gasteiger partial charge in [-0.15, -0.1) is 0 Å². The van der Waals surface area contributed by atoms with Gasteiger partial charge in [0.25, 0.3) is 0 Å². The molecule has 26 heavy (non-hydrogen) atoms. The van der Waals surface area contributed by atoms with E-state index in [1.807, 2.05) is 0 Å². The van der Waals surface area contributed by atoms with Crippen LogP contribution in [0, 0.1) is 5.92 Å². The molecule has 0 unspecified atom stereocenters. The number of carbonyl (C=O) groups excluding carboxylic acids is 2. The van der Waals surface area contributed by atoms with Gasteiger partial charge in [0.05, 0.1) is 4.83 Å². The molecule has 1 N–H and O–H groups in total. The molecule has 0 aliphatic carbocycles. The van der Waals surface area contributed by atoms with E-state index < -0.39 is 33.9 Å². The van der Waals surface area contributed by atoms with E-state index >= 15 is 0 Å². The lowest BCUT2D eigenvalue weighted by Gasteiger charge is -2.35. The van der Waals surface area contributed by atoms with E-state index in [4.69, 9.17) is 21.1 Å². The molecule has 142 valence electrons. The third-order valence-electron chi connectivity index (χ3n) is 3.92. The topological polar surface area (TPSA) is 72.8 Å². The number of ether oxygens (including phenoxy) is 2. The van der Waals surface area contributed by atoms with Crippen LogP contribution in [0.4, 0.5) is 0 Å². The Morgan fingerprint density at radius 1 is 1.35 bits per heavy atom. The minimum absolute atomic E-state index is 0.281. The summed E-state index contributed by atoms with van der Waals surface area (Å²) in [6, 6.07) is 7.02. The van der Waals surface area contributed by atoms with Crippen LogP contribution in [-0.4, -0.2) is 33.1 Å². The molecule has 0 bridgehead atoms. The number of rotatable bonds is 5. The standard InChI is InChI=1S/C19H22BrClO5/c1-11-9-14(16(22)25-11)19(24,17(23)26-18(2,3)4)15(20)10-12-5-7-13(21)8-6-12/h5-9,14-15,24H,10H2,1-4H3/t14-,15-,19+/m0/s1. The van der Waals surface area contributed by atoms with E-state index in [2.05, 4.69) is 15.9 Å². The fraction of sp³-hybridized carbons (Fsp3) is 0.474. The molecule has 3 atom stereocenters. The van der Waals surface area contributed by atoms with Crippen LogP contribution in [0.25, 0.3) is 0 Å². The molecule has 0 fully saturated rings. The maximum absolute atomic E-state index is 12.8. The van der Waals surface area contributed by atoms with E-state index in [-0.39, 0.29) is 6.42 Å². The fourth-order valence-electron chi connectivity index (χ4n) is 2.66. The first-order valence-corrected chi connectivity index (χ1v) is 9.47. The fourth-order valence-corrected chi connectivity index (χ4v) is 3.63. The molecule has 0 amide bonds. The lowest BCUT2D eigenvalue weighted by atomic mass is 9.82. The molecular formula is C19H22BrClO5. The van der Waals surface area contributed by atoms with Crippen molar-refractivity contribution in [2.24, 2.45) is 5.92 Å². The molecule has 1 aliphatic heterocycles. The Bertz CT molecular complexity index is 722. The molecule has 0 aromatic heterocycles. The summed E-state index contributed by atoms with van der Waals surface area (Å²) in [4.78, 5) is 24.3. The first-order chi connectivity index (χ1) is 11.9. The summed E-state index contributed by atoms with van der Waals surface area (Å²) in [6.07, 6.45) is 1.73. The Morgan fingerprint density at radius 2 is 1.92 bits per heavy atom. The molecule has 5 nitrogen and oxygen atoms in total. The second-order valence-electron chi connectivity index (χ2n) is 7.30. The second-order valence-corrected chi connectivity index (χ2v) is 8.84. The van der Waals surface area contributed by atoms with E-state index in [1.54, 1.807) is 52.0 Å². The van der Waals surface area contributed by atoms with Crippen LogP contribution < -0.4 is 0 Å². The zero-order chi connectivity index (χ0) is 19.7. The Hall–Kier alpha value is -1.37. The number of hydrogen-bond acceptors (Lipinski definition) is 5. The zero-order valence-corrected chi connectivity index (χ0v) is 17.4. The van der Waals surface area contributed by atoms with Crippen molar-refractivity contribution in [1.29, 1.82) is 0 Å². The van der Waals surface area contributed by atoms with E-state index in [1.165, 1.54) is 6.08 Å². The highest BCUT2D eigenvalue weighted by atomic mass is 79.9. The number of halogens is 2.